The average molecular weight is 902 g/mol. The van der Waals surface area contributed by atoms with Crippen molar-refractivity contribution in [3.8, 4) is 5.75 Å². The fourth-order valence-electron chi connectivity index (χ4n) is 14.3. The highest BCUT2D eigenvalue weighted by Crippen LogP contribution is 2.68. The fraction of sp³-hybridized carbons (Fsp3) is 0.519. The Morgan fingerprint density at radius 1 is 0.894 bits per heavy atom. The number of hydrogen-bond acceptors (Lipinski definition) is 13. The van der Waals surface area contributed by atoms with Gasteiger partial charge in [0, 0.05) is 102 Å². The molecule has 4 N–H and O–H groups in total. The first-order chi connectivity index (χ1) is 31.7. The minimum atomic E-state index is -2.32. The second-order valence-electron chi connectivity index (χ2n) is 19.9. The summed E-state index contributed by atoms with van der Waals surface area (Å²) in [6.07, 6.45) is 5.77. The Bertz CT molecular complexity index is 2630. The molecule has 1 aromatic heterocycles. The lowest BCUT2D eigenvalue weighted by Gasteiger charge is -2.63. The molecule has 0 radical (unpaired) electrons. The minimum absolute atomic E-state index is 0.135. The maximum Gasteiger partial charge on any atom is 0.344 e. The van der Waals surface area contributed by atoms with Gasteiger partial charge >= 0.3 is 17.9 Å². The molecule has 2 bridgehead atoms. The van der Waals surface area contributed by atoms with Crippen molar-refractivity contribution in [1.29, 1.82) is 0 Å². The van der Waals surface area contributed by atoms with E-state index in [1.54, 1.807) is 7.11 Å². The van der Waals surface area contributed by atoms with Crippen LogP contribution in [0.25, 0.3) is 10.9 Å². The summed E-state index contributed by atoms with van der Waals surface area (Å²) in [6, 6.07) is 19.0. The summed E-state index contributed by atoms with van der Waals surface area (Å²) >= 11 is 0. The van der Waals surface area contributed by atoms with Crippen LogP contribution in [0.3, 0.4) is 0 Å². The van der Waals surface area contributed by atoms with Gasteiger partial charge in [-0.05, 0) is 98.5 Å². The normalized spacial score (nSPS) is 34.2. The van der Waals surface area contributed by atoms with Gasteiger partial charge in [0.15, 0.2) is 6.10 Å². The number of para-hydroxylation sites is 1. The van der Waals surface area contributed by atoms with E-state index in [2.05, 4.69) is 50.5 Å². The number of likely N-dealkylation sites (N-methyl/N-ethyl adjacent to an activating group) is 1. The number of aromatic nitrogens is 1. The highest BCUT2D eigenvalue weighted by Gasteiger charge is 2.80. The summed E-state index contributed by atoms with van der Waals surface area (Å²) < 4.78 is 24.2. The molecule has 14 heteroatoms. The van der Waals surface area contributed by atoms with Crippen LogP contribution in [0, 0.1) is 11.3 Å². The molecular formula is C52H63N5O9. The largest absolute Gasteiger partial charge is 0.496 e. The Morgan fingerprint density at radius 3 is 2.36 bits per heavy atom. The van der Waals surface area contributed by atoms with E-state index in [9.17, 15) is 19.8 Å². The number of carbonyl (C=O) groups is 3. The minimum Gasteiger partial charge on any atom is -0.496 e. The molecule has 14 nitrogen and oxygen atoms in total. The lowest BCUT2D eigenvalue weighted by molar-refractivity contribution is -0.228. The molecule has 0 amide bonds. The summed E-state index contributed by atoms with van der Waals surface area (Å²) in [7, 11) is 6.16. The predicted octanol–water partition coefficient (Wildman–Crippen LogP) is 5.73. The zero-order valence-corrected chi connectivity index (χ0v) is 39.1. The number of fused-ring (bicyclic) bond motifs is 6. The average Bonchev–Trinajstić information content (AvgIpc) is 3.98. The number of benzene rings is 3. The lowest BCUT2D eigenvalue weighted by Crippen LogP contribution is -2.81. The van der Waals surface area contributed by atoms with Gasteiger partial charge in [0.2, 0.25) is 5.60 Å². The van der Waals surface area contributed by atoms with Crippen LogP contribution in [0.4, 0.5) is 17.1 Å². The number of carbonyl (C=O) groups excluding carboxylic acids is 3. The molecule has 4 aromatic rings. The number of rotatable bonds is 9. The van der Waals surface area contributed by atoms with E-state index >= 15 is 4.79 Å². The highest BCUT2D eigenvalue weighted by atomic mass is 16.6. The number of aromatic amines is 1. The van der Waals surface area contributed by atoms with Crippen LogP contribution < -0.4 is 15.0 Å². The third kappa shape index (κ3) is 6.09. The summed E-state index contributed by atoms with van der Waals surface area (Å²) in [5, 5.41) is 30.1. The van der Waals surface area contributed by atoms with Gasteiger partial charge in [-0.15, -0.1) is 0 Å². The summed E-state index contributed by atoms with van der Waals surface area (Å²) in [5.74, 6) is -1.65. The molecule has 10 atom stereocenters. The van der Waals surface area contributed by atoms with Crippen molar-refractivity contribution in [2.75, 3.05) is 71.3 Å². The van der Waals surface area contributed by atoms with Crippen molar-refractivity contribution in [2.45, 2.75) is 99.5 Å². The fourth-order valence-corrected chi connectivity index (χ4v) is 14.3. The Labute approximate surface area is 386 Å². The van der Waals surface area contributed by atoms with Crippen LogP contribution in [-0.2, 0) is 45.8 Å². The quantitative estimate of drug-likeness (QED) is 0.0915. The zero-order valence-electron chi connectivity index (χ0n) is 39.1. The number of hydrogen-bond donors (Lipinski definition) is 4. The van der Waals surface area contributed by atoms with Gasteiger partial charge < -0.3 is 44.4 Å². The number of ether oxygens (including phenoxy) is 4. The molecule has 6 heterocycles. The van der Waals surface area contributed by atoms with E-state index in [1.165, 1.54) is 21.1 Å². The maximum absolute atomic E-state index is 15.6. The van der Waals surface area contributed by atoms with Gasteiger partial charge in [-0.25, -0.2) is 4.79 Å². The highest BCUT2D eigenvalue weighted by molar-refractivity contribution is 5.96. The molecule has 3 aromatic carbocycles. The molecule has 1 spiro atoms. The Hall–Kier alpha value is -5.41. The van der Waals surface area contributed by atoms with Crippen molar-refractivity contribution >= 4 is 45.9 Å². The number of anilines is 3. The molecule has 1 saturated carbocycles. The van der Waals surface area contributed by atoms with Gasteiger partial charge in [0.25, 0.3) is 0 Å². The Morgan fingerprint density at radius 2 is 1.67 bits per heavy atom. The first-order valence-electron chi connectivity index (χ1n) is 23.5. The van der Waals surface area contributed by atoms with Crippen molar-refractivity contribution in [3.05, 3.63) is 95.2 Å². The lowest BCUT2D eigenvalue weighted by atomic mass is 9.47. The van der Waals surface area contributed by atoms with Crippen LogP contribution in [0.1, 0.15) is 75.3 Å². The van der Waals surface area contributed by atoms with Gasteiger partial charge in [-0.2, -0.15) is 0 Å². The molecule has 5 aliphatic heterocycles. The molecule has 350 valence electrons. The van der Waals surface area contributed by atoms with Crippen molar-refractivity contribution in [1.82, 2.24) is 14.8 Å². The molecule has 1 aliphatic carbocycles. The van der Waals surface area contributed by atoms with E-state index in [1.807, 2.05) is 68.3 Å². The number of esters is 3. The summed E-state index contributed by atoms with van der Waals surface area (Å²) in [6.45, 7) is 8.51. The number of nitrogens with one attached hydrogen (secondary N) is 2. The number of aliphatic hydroxyl groups is 2. The Kier molecular flexibility index (Phi) is 10.7. The first-order valence-corrected chi connectivity index (χ1v) is 23.5. The second kappa shape index (κ2) is 15.9. The van der Waals surface area contributed by atoms with Gasteiger partial charge in [0.05, 0.1) is 33.0 Å². The summed E-state index contributed by atoms with van der Waals surface area (Å²) in [5.41, 5.74) is -0.107. The first kappa shape index (κ1) is 44.4. The van der Waals surface area contributed by atoms with E-state index in [-0.39, 0.29) is 12.0 Å². The van der Waals surface area contributed by atoms with Crippen molar-refractivity contribution in [2.24, 2.45) is 11.3 Å². The number of methoxy groups -OCH3 is 3. The molecule has 1 unspecified atom stereocenters. The maximum atomic E-state index is 15.6. The number of H-pyrrole nitrogens is 1. The van der Waals surface area contributed by atoms with E-state index in [4.69, 9.17) is 18.9 Å². The monoisotopic (exact) mass is 901 g/mol. The molecule has 66 heavy (non-hydrogen) atoms. The Balaban J connectivity index is 1.26. The number of piperidine rings is 1. The molecule has 2 saturated heterocycles. The van der Waals surface area contributed by atoms with Crippen molar-refractivity contribution in [3.63, 3.8) is 0 Å². The molecular weight excluding hydrogens is 839 g/mol. The summed E-state index contributed by atoms with van der Waals surface area (Å²) in [4.78, 5) is 53.7. The third-order valence-electron chi connectivity index (χ3n) is 16.8. The smallest absolute Gasteiger partial charge is 0.344 e. The second-order valence-corrected chi connectivity index (χ2v) is 19.9. The topological polar surface area (TPSA) is 166 Å². The van der Waals surface area contributed by atoms with E-state index < -0.39 is 57.5 Å². The van der Waals surface area contributed by atoms with Crippen LogP contribution >= 0.6 is 0 Å². The third-order valence-corrected chi connectivity index (χ3v) is 16.8. The standard InChI is InChI=1S/C52H63N5O9/c1-8-48(61)27-32-28-51(46(59)64-6,42-35(18-22-56(29-32)30-48)36-24-34(16-17-39(36)54-42)53-33-14-11-10-12-15-33)38-25-37-40(26-41(38)63-5)55(4)44-50(37)20-23-57-21-13-19-49(9-2,43(50)57)45(66-31(3)58)52(44,62)47(60)65-7/h10-17,19,24-26,32,43-45,53-54,61-62H,8-9,18,20-23,27-30H2,1-7H3/t32-,43+,44-,45-,48+,49-,50-,51+,52+/m1/s1. The van der Waals surface area contributed by atoms with Crippen LogP contribution in [0.15, 0.2) is 72.8 Å². The molecule has 6 aliphatic rings. The SMILES string of the molecule is CC[C@]1(O)C[C@H]2CN(CCc3c([nH]c4ccc(Nc5ccccc5)cc34)[C@@](C(=O)OC)(c3cc4c(cc3OC)N(C)[C@H]3[C@@](O)(C(=O)OC)[C@H](OC(C)=O)[C@]5(CC)C=CCN6CC[C@]43[C@@H]65)C2)C1. The van der Waals surface area contributed by atoms with Crippen molar-refractivity contribution < 1.29 is 43.5 Å². The van der Waals surface area contributed by atoms with E-state index in [0.717, 1.165) is 44.8 Å². The molecule has 3 fully saturated rings. The van der Waals surface area contributed by atoms with E-state index in [0.29, 0.717) is 82.6 Å². The van der Waals surface area contributed by atoms with Crippen LogP contribution in [0.5, 0.6) is 5.75 Å². The van der Waals surface area contributed by atoms with Crippen LogP contribution in [-0.4, -0.2) is 133 Å². The van der Waals surface area contributed by atoms with Gasteiger partial charge in [0.1, 0.15) is 11.2 Å². The van der Waals surface area contributed by atoms with Gasteiger partial charge in [-0.3, -0.25) is 19.4 Å². The molecule has 10 rings (SSSR count). The zero-order chi connectivity index (χ0) is 46.6. The predicted molar refractivity (Wildman–Crippen MR) is 250 cm³/mol. The number of nitrogens with zero attached hydrogens (tertiary/aromatic N) is 3. The van der Waals surface area contributed by atoms with Crippen LogP contribution in [0.2, 0.25) is 0 Å². The van der Waals surface area contributed by atoms with Gasteiger partial charge in [-0.1, -0.05) is 44.2 Å².